The summed E-state index contributed by atoms with van der Waals surface area (Å²) in [6, 6.07) is 0. The van der Waals surface area contributed by atoms with Crippen LogP contribution in [0.15, 0.2) is 4.90 Å². The van der Waals surface area contributed by atoms with Crippen molar-refractivity contribution in [1.82, 2.24) is 20.2 Å². The summed E-state index contributed by atoms with van der Waals surface area (Å²) in [5.74, 6) is 0. The average molecular weight is 306 g/mol. The topological polar surface area (TPSA) is 86.9 Å². The Kier molecular flexibility index (Phi) is 6.31. The zero-order chi connectivity index (χ0) is 14.5. The highest BCUT2D eigenvalue weighted by molar-refractivity contribution is 7.99. The number of nitrogens with one attached hydrogen (secondary N) is 3. The standard InChI is InChI=1S/C11H22N4O2S2/c1-5-12-7-10-11(9(3)14-15-10)19(16,17)13-6-8(2)18-4/h8,12-13H,5-7H2,1-4H3,(H,14,15). The van der Waals surface area contributed by atoms with Crippen molar-refractivity contribution < 1.29 is 8.42 Å². The maximum Gasteiger partial charge on any atom is 0.244 e. The number of aromatic nitrogens is 2. The number of thioether (sulfide) groups is 1. The lowest BCUT2D eigenvalue weighted by molar-refractivity contribution is 0.578. The van der Waals surface area contributed by atoms with Crippen LogP contribution in [0.3, 0.4) is 0 Å². The molecule has 6 nitrogen and oxygen atoms in total. The van der Waals surface area contributed by atoms with Crippen molar-refractivity contribution in [2.24, 2.45) is 0 Å². The van der Waals surface area contributed by atoms with Crippen LogP contribution in [0.5, 0.6) is 0 Å². The second kappa shape index (κ2) is 7.28. The molecule has 1 heterocycles. The third kappa shape index (κ3) is 4.48. The van der Waals surface area contributed by atoms with Crippen molar-refractivity contribution in [3.8, 4) is 0 Å². The van der Waals surface area contributed by atoms with E-state index < -0.39 is 10.0 Å². The van der Waals surface area contributed by atoms with Crippen LogP contribution in [-0.2, 0) is 16.6 Å². The molecule has 110 valence electrons. The average Bonchev–Trinajstić information content (AvgIpc) is 2.75. The van der Waals surface area contributed by atoms with Gasteiger partial charge < -0.3 is 5.32 Å². The van der Waals surface area contributed by atoms with Crippen molar-refractivity contribution in [3.05, 3.63) is 11.4 Å². The van der Waals surface area contributed by atoms with E-state index >= 15 is 0 Å². The van der Waals surface area contributed by atoms with Gasteiger partial charge in [0.25, 0.3) is 0 Å². The lowest BCUT2D eigenvalue weighted by Gasteiger charge is -2.11. The SMILES string of the molecule is CCNCc1n[nH]c(C)c1S(=O)(=O)NCC(C)SC. The van der Waals surface area contributed by atoms with Gasteiger partial charge in [-0.15, -0.1) is 0 Å². The fraction of sp³-hybridized carbons (Fsp3) is 0.727. The van der Waals surface area contributed by atoms with E-state index in [1.165, 1.54) is 0 Å². The fourth-order valence-corrected chi connectivity index (χ4v) is 3.42. The number of rotatable bonds is 8. The van der Waals surface area contributed by atoms with Crippen molar-refractivity contribution >= 4 is 21.8 Å². The van der Waals surface area contributed by atoms with Gasteiger partial charge in [0, 0.05) is 18.3 Å². The predicted molar refractivity (Wildman–Crippen MR) is 78.9 cm³/mol. The Labute approximate surface area is 119 Å². The quantitative estimate of drug-likeness (QED) is 0.663. The van der Waals surface area contributed by atoms with E-state index in [1.54, 1.807) is 18.7 Å². The van der Waals surface area contributed by atoms with Crippen molar-refractivity contribution in [3.63, 3.8) is 0 Å². The number of aromatic amines is 1. The molecule has 1 aromatic rings. The van der Waals surface area contributed by atoms with Crippen LogP contribution in [-0.4, -0.2) is 43.2 Å². The zero-order valence-electron chi connectivity index (χ0n) is 11.8. The van der Waals surface area contributed by atoms with Crippen molar-refractivity contribution in [2.75, 3.05) is 19.3 Å². The van der Waals surface area contributed by atoms with Crippen LogP contribution in [0.1, 0.15) is 25.2 Å². The largest absolute Gasteiger partial charge is 0.311 e. The monoisotopic (exact) mass is 306 g/mol. The van der Waals surface area contributed by atoms with Gasteiger partial charge in [0.1, 0.15) is 4.90 Å². The summed E-state index contributed by atoms with van der Waals surface area (Å²) in [6.45, 7) is 7.28. The van der Waals surface area contributed by atoms with E-state index in [0.29, 0.717) is 24.5 Å². The molecule has 0 saturated carbocycles. The van der Waals surface area contributed by atoms with Crippen LogP contribution in [0.4, 0.5) is 0 Å². The Morgan fingerprint density at radius 3 is 2.74 bits per heavy atom. The van der Waals surface area contributed by atoms with Crippen LogP contribution in [0.25, 0.3) is 0 Å². The van der Waals surface area contributed by atoms with E-state index in [4.69, 9.17) is 0 Å². The van der Waals surface area contributed by atoms with Crippen molar-refractivity contribution in [2.45, 2.75) is 37.5 Å². The van der Waals surface area contributed by atoms with Gasteiger partial charge in [-0.25, -0.2) is 13.1 Å². The summed E-state index contributed by atoms with van der Waals surface area (Å²) in [4.78, 5) is 0.266. The summed E-state index contributed by atoms with van der Waals surface area (Å²) >= 11 is 1.62. The first-order valence-corrected chi connectivity index (χ1v) is 8.96. The first-order chi connectivity index (χ1) is 8.92. The summed E-state index contributed by atoms with van der Waals surface area (Å²) in [5.41, 5.74) is 1.10. The maximum absolute atomic E-state index is 12.3. The second-order valence-corrected chi connectivity index (χ2v) is 7.28. The minimum absolute atomic E-state index is 0.235. The highest BCUT2D eigenvalue weighted by Crippen LogP contribution is 2.17. The highest BCUT2D eigenvalue weighted by Gasteiger charge is 2.24. The Bertz CT molecular complexity index is 499. The number of sulfonamides is 1. The molecule has 0 amide bonds. The molecule has 0 radical (unpaired) electrons. The Morgan fingerprint density at radius 2 is 2.16 bits per heavy atom. The van der Waals surface area contributed by atoms with Gasteiger partial charge in [0.05, 0.1) is 11.4 Å². The zero-order valence-corrected chi connectivity index (χ0v) is 13.4. The second-order valence-electron chi connectivity index (χ2n) is 4.30. The van der Waals surface area contributed by atoms with Gasteiger partial charge >= 0.3 is 0 Å². The molecule has 0 bridgehead atoms. The molecule has 0 aliphatic carbocycles. The third-order valence-electron chi connectivity index (χ3n) is 2.74. The van der Waals surface area contributed by atoms with Crippen molar-refractivity contribution in [1.29, 1.82) is 0 Å². The highest BCUT2D eigenvalue weighted by atomic mass is 32.2. The molecule has 0 aliphatic rings. The molecule has 0 spiro atoms. The van der Waals surface area contributed by atoms with Gasteiger partial charge in [-0.1, -0.05) is 13.8 Å². The minimum atomic E-state index is -3.51. The molecule has 19 heavy (non-hydrogen) atoms. The van der Waals surface area contributed by atoms with E-state index in [0.717, 1.165) is 6.54 Å². The van der Waals surface area contributed by atoms with Gasteiger partial charge in [0.2, 0.25) is 10.0 Å². The number of H-pyrrole nitrogens is 1. The van der Waals surface area contributed by atoms with E-state index in [2.05, 4.69) is 20.2 Å². The molecule has 3 N–H and O–H groups in total. The first-order valence-electron chi connectivity index (χ1n) is 6.19. The number of aryl methyl sites for hydroxylation is 1. The molecular formula is C11H22N4O2S2. The summed E-state index contributed by atoms with van der Waals surface area (Å²) in [6.07, 6.45) is 1.96. The molecule has 1 aromatic heterocycles. The Morgan fingerprint density at radius 1 is 1.47 bits per heavy atom. The van der Waals surface area contributed by atoms with Gasteiger partial charge in [0.15, 0.2) is 0 Å². The lowest BCUT2D eigenvalue weighted by Crippen LogP contribution is -2.30. The molecule has 0 saturated heterocycles. The Hall–Kier alpha value is -0.570. The molecule has 1 unspecified atom stereocenters. The van der Waals surface area contributed by atoms with Crippen LogP contribution in [0.2, 0.25) is 0 Å². The fourth-order valence-electron chi connectivity index (χ4n) is 1.57. The predicted octanol–water partition coefficient (Wildman–Crippen LogP) is 0.857. The molecule has 1 rings (SSSR count). The van der Waals surface area contributed by atoms with Gasteiger partial charge in [-0.3, -0.25) is 5.10 Å². The van der Waals surface area contributed by atoms with E-state index in [1.807, 2.05) is 20.1 Å². The molecule has 0 fully saturated rings. The van der Waals surface area contributed by atoms with Crippen LogP contribution < -0.4 is 10.0 Å². The molecule has 0 aliphatic heterocycles. The molecule has 0 aromatic carbocycles. The Balaban J connectivity index is 2.90. The normalized spacial score (nSPS) is 13.7. The molecular weight excluding hydrogens is 284 g/mol. The number of nitrogens with zero attached hydrogens (tertiary/aromatic N) is 1. The summed E-state index contributed by atoms with van der Waals surface area (Å²) in [7, 11) is -3.51. The molecule has 8 heteroatoms. The minimum Gasteiger partial charge on any atom is -0.311 e. The first kappa shape index (κ1) is 16.5. The van der Waals surface area contributed by atoms with Gasteiger partial charge in [-0.2, -0.15) is 16.9 Å². The number of hydrogen-bond acceptors (Lipinski definition) is 5. The smallest absolute Gasteiger partial charge is 0.244 e. The van der Waals surface area contributed by atoms with Crippen LogP contribution >= 0.6 is 11.8 Å². The van der Waals surface area contributed by atoms with E-state index in [-0.39, 0.29) is 10.1 Å². The van der Waals surface area contributed by atoms with E-state index in [9.17, 15) is 8.42 Å². The number of hydrogen-bond donors (Lipinski definition) is 3. The lowest BCUT2D eigenvalue weighted by atomic mass is 10.3. The summed E-state index contributed by atoms with van der Waals surface area (Å²) in [5, 5.41) is 10.1. The third-order valence-corrected chi connectivity index (χ3v) is 5.33. The van der Waals surface area contributed by atoms with Gasteiger partial charge in [-0.05, 0) is 19.7 Å². The summed E-state index contributed by atoms with van der Waals surface area (Å²) < 4.78 is 27.3. The molecule has 1 atom stereocenters. The maximum atomic E-state index is 12.3. The van der Waals surface area contributed by atoms with Crippen LogP contribution in [0, 0.1) is 6.92 Å².